The molecule has 1 saturated heterocycles. The average Bonchev–Trinajstić information content (AvgIpc) is 3.20. The van der Waals surface area contributed by atoms with Gasteiger partial charge in [-0.2, -0.15) is 0 Å². The summed E-state index contributed by atoms with van der Waals surface area (Å²) in [5, 5.41) is 3.12. The van der Waals surface area contributed by atoms with Crippen molar-refractivity contribution < 1.29 is 9.53 Å². The Balaban J connectivity index is 1.36. The lowest BCUT2D eigenvalue weighted by Gasteiger charge is -2.35. The lowest BCUT2D eigenvalue weighted by Crippen LogP contribution is -2.50. The van der Waals surface area contributed by atoms with Crippen molar-refractivity contribution in [1.82, 2.24) is 14.9 Å². The zero-order valence-electron chi connectivity index (χ0n) is 17.1. The lowest BCUT2D eigenvalue weighted by molar-refractivity contribution is -0.133. The van der Waals surface area contributed by atoms with Crippen LogP contribution in [0.1, 0.15) is 26.3 Å². The molecule has 0 aliphatic carbocycles. The molecule has 1 aliphatic rings. The maximum atomic E-state index is 12.7. The summed E-state index contributed by atoms with van der Waals surface area (Å²) in [7, 11) is 0. The molecule has 0 saturated carbocycles. The van der Waals surface area contributed by atoms with Gasteiger partial charge in [0.25, 0.3) is 5.91 Å². The highest BCUT2D eigenvalue weighted by molar-refractivity contribution is 7.16. The molecule has 7 heteroatoms. The number of para-hydroxylation sites is 1. The number of nitrogens with zero attached hydrogens (tertiary/aromatic N) is 4. The van der Waals surface area contributed by atoms with Crippen LogP contribution in [-0.4, -0.2) is 53.6 Å². The van der Waals surface area contributed by atoms with Crippen molar-refractivity contribution >= 4 is 33.3 Å². The minimum Gasteiger partial charge on any atom is -0.483 e. The zero-order valence-corrected chi connectivity index (χ0v) is 17.9. The molecule has 0 radical (unpaired) electrons. The highest BCUT2D eigenvalue weighted by Crippen LogP contribution is 2.31. The number of benzene rings is 1. The third-order valence-corrected chi connectivity index (χ3v) is 6.04. The number of fused-ring (bicyclic) bond motifs is 1. The standard InChI is InChI=1S/C22H26N4O2S/c1-22(2,3)17-6-4-5-7-18(17)28-14-19(27)25-9-11-26(12-10-25)20-16-8-13-29-21(16)24-15-23-20/h4-8,13,15H,9-12,14H2,1-3H3. The van der Waals surface area contributed by atoms with Crippen LogP contribution in [0.2, 0.25) is 0 Å². The number of carbonyl (C=O) groups excluding carboxylic acids is 1. The molecule has 3 aromatic rings. The molecule has 1 aliphatic heterocycles. The Labute approximate surface area is 175 Å². The number of aromatic nitrogens is 2. The van der Waals surface area contributed by atoms with Crippen molar-refractivity contribution in [2.24, 2.45) is 0 Å². The predicted octanol–water partition coefficient (Wildman–Crippen LogP) is 3.72. The Bertz CT molecular complexity index is 1000. The Morgan fingerprint density at radius 1 is 1.10 bits per heavy atom. The molecule has 1 amide bonds. The van der Waals surface area contributed by atoms with E-state index in [1.165, 1.54) is 0 Å². The molecule has 0 unspecified atom stereocenters. The highest BCUT2D eigenvalue weighted by Gasteiger charge is 2.24. The van der Waals surface area contributed by atoms with E-state index in [0.29, 0.717) is 13.1 Å². The van der Waals surface area contributed by atoms with Gasteiger partial charge < -0.3 is 14.5 Å². The first kappa shape index (κ1) is 19.6. The molecule has 0 N–H and O–H groups in total. The molecule has 1 fully saturated rings. The molecule has 152 valence electrons. The number of hydrogen-bond donors (Lipinski definition) is 0. The van der Waals surface area contributed by atoms with Crippen LogP contribution in [0.15, 0.2) is 42.0 Å². The van der Waals surface area contributed by atoms with E-state index in [2.05, 4.69) is 47.8 Å². The normalized spacial score (nSPS) is 15.0. The number of piperazine rings is 1. The van der Waals surface area contributed by atoms with Crippen molar-refractivity contribution in [2.75, 3.05) is 37.7 Å². The Kier molecular flexibility index (Phi) is 5.41. The minimum atomic E-state index is -0.0319. The van der Waals surface area contributed by atoms with E-state index in [4.69, 9.17) is 4.74 Å². The van der Waals surface area contributed by atoms with Crippen molar-refractivity contribution in [3.8, 4) is 5.75 Å². The Hall–Kier alpha value is -2.67. The van der Waals surface area contributed by atoms with Crippen LogP contribution in [0.3, 0.4) is 0 Å². The fourth-order valence-electron chi connectivity index (χ4n) is 3.64. The third-order valence-electron chi connectivity index (χ3n) is 5.22. The van der Waals surface area contributed by atoms with Gasteiger partial charge in [0.15, 0.2) is 6.61 Å². The zero-order chi connectivity index (χ0) is 20.4. The second kappa shape index (κ2) is 7.99. The highest BCUT2D eigenvalue weighted by atomic mass is 32.1. The number of amides is 1. The molecule has 6 nitrogen and oxygen atoms in total. The van der Waals surface area contributed by atoms with Gasteiger partial charge in [0.05, 0.1) is 5.39 Å². The summed E-state index contributed by atoms with van der Waals surface area (Å²) in [6, 6.07) is 10.0. The number of rotatable bonds is 4. The molecule has 3 heterocycles. The van der Waals surface area contributed by atoms with Gasteiger partial charge in [-0.05, 0) is 28.5 Å². The van der Waals surface area contributed by atoms with Gasteiger partial charge >= 0.3 is 0 Å². The van der Waals surface area contributed by atoms with Gasteiger partial charge in [-0.15, -0.1) is 11.3 Å². The molecule has 29 heavy (non-hydrogen) atoms. The molecule has 0 spiro atoms. The van der Waals surface area contributed by atoms with Crippen LogP contribution in [0, 0.1) is 0 Å². The minimum absolute atomic E-state index is 0.0248. The maximum absolute atomic E-state index is 12.7. The third kappa shape index (κ3) is 4.19. The van der Waals surface area contributed by atoms with E-state index in [0.717, 1.165) is 40.4 Å². The second-order valence-corrected chi connectivity index (χ2v) is 9.13. The maximum Gasteiger partial charge on any atom is 0.260 e. The summed E-state index contributed by atoms with van der Waals surface area (Å²) in [6.45, 7) is 9.35. The van der Waals surface area contributed by atoms with Gasteiger partial charge in [-0.1, -0.05) is 39.0 Å². The molecule has 1 aromatic carbocycles. The molecule has 2 aromatic heterocycles. The van der Waals surface area contributed by atoms with Crippen molar-refractivity contribution in [2.45, 2.75) is 26.2 Å². The van der Waals surface area contributed by atoms with Gasteiger partial charge in [0.1, 0.15) is 22.7 Å². The number of carbonyl (C=O) groups is 1. The van der Waals surface area contributed by atoms with Crippen LogP contribution >= 0.6 is 11.3 Å². The Morgan fingerprint density at radius 2 is 1.86 bits per heavy atom. The second-order valence-electron chi connectivity index (χ2n) is 8.24. The first-order valence-corrected chi connectivity index (χ1v) is 10.7. The fourth-order valence-corrected chi connectivity index (χ4v) is 4.37. The van der Waals surface area contributed by atoms with Crippen molar-refractivity contribution in [3.05, 3.63) is 47.6 Å². The van der Waals surface area contributed by atoms with E-state index in [-0.39, 0.29) is 17.9 Å². The lowest BCUT2D eigenvalue weighted by atomic mass is 9.86. The summed E-state index contributed by atoms with van der Waals surface area (Å²) < 4.78 is 5.91. The van der Waals surface area contributed by atoms with Crippen LogP contribution in [0.25, 0.3) is 10.2 Å². The topological polar surface area (TPSA) is 58.6 Å². The number of ether oxygens (including phenoxy) is 1. The first-order valence-electron chi connectivity index (χ1n) is 9.87. The van der Waals surface area contributed by atoms with Gasteiger partial charge in [0, 0.05) is 26.2 Å². The summed E-state index contributed by atoms with van der Waals surface area (Å²) in [6.07, 6.45) is 1.62. The summed E-state index contributed by atoms with van der Waals surface area (Å²) in [5.41, 5.74) is 1.08. The molecule has 0 atom stereocenters. The van der Waals surface area contributed by atoms with Crippen molar-refractivity contribution in [3.63, 3.8) is 0 Å². The first-order chi connectivity index (χ1) is 13.9. The summed E-state index contributed by atoms with van der Waals surface area (Å²) >= 11 is 1.62. The number of anilines is 1. The monoisotopic (exact) mass is 410 g/mol. The van der Waals surface area contributed by atoms with E-state index >= 15 is 0 Å². The van der Waals surface area contributed by atoms with Crippen LogP contribution in [0.4, 0.5) is 5.82 Å². The smallest absolute Gasteiger partial charge is 0.260 e. The van der Waals surface area contributed by atoms with E-state index in [1.54, 1.807) is 17.7 Å². The van der Waals surface area contributed by atoms with Gasteiger partial charge in [0.2, 0.25) is 0 Å². The summed E-state index contributed by atoms with van der Waals surface area (Å²) in [4.78, 5) is 26.6. The van der Waals surface area contributed by atoms with E-state index < -0.39 is 0 Å². The molecule has 0 bridgehead atoms. The largest absolute Gasteiger partial charge is 0.483 e. The molecular weight excluding hydrogens is 384 g/mol. The number of hydrogen-bond acceptors (Lipinski definition) is 6. The van der Waals surface area contributed by atoms with Gasteiger partial charge in [-0.3, -0.25) is 4.79 Å². The number of thiophene rings is 1. The fraction of sp³-hybridized carbons (Fsp3) is 0.409. The average molecular weight is 411 g/mol. The predicted molar refractivity (Wildman–Crippen MR) is 117 cm³/mol. The van der Waals surface area contributed by atoms with Gasteiger partial charge in [-0.25, -0.2) is 9.97 Å². The van der Waals surface area contributed by atoms with E-state index in [1.807, 2.05) is 28.5 Å². The SMILES string of the molecule is CC(C)(C)c1ccccc1OCC(=O)N1CCN(c2ncnc3sccc23)CC1. The molecule has 4 rings (SSSR count). The molecular formula is C22H26N4O2S. The Morgan fingerprint density at radius 3 is 2.62 bits per heavy atom. The quantitative estimate of drug-likeness (QED) is 0.656. The van der Waals surface area contributed by atoms with Crippen LogP contribution in [-0.2, 0) is 10.2 Å². The summed E-state index contributed by atoms with van der Waals surface area (Å²) in [5.74, 6) is 1.77. The van der Waals surface area contributed by atoms with Crippen LogP contribution < -0.4 is 9.64 Å². The van der Waals surface area contributed by atoms with Crippen molar-refractivity contribution in [1.29, 1.82) is 0 Å². The van der Waals surface area contributed by atoms with Crippen LogP contribution in [0.5, 0.6) is 5.75 Å². The van der Waals surface area contributed by atoms with E-state index in [9.17, 15) is 4.79 Å².